The molecule has 0 aliphatic rings. The number of sulfonamides is 1. The molecule has 212 valence electrons. The molecule has 0 aliphatic carbocycles. The first-order valence-corrected chi connectivity index (χ1v) is 14.5. The van der Waals surface area contributed by atoms with Crippen LogP contribution in [-0.2, 0) is 16.4 Å². The van der Waals surface area contributed by atoms with E-state index in [1.807, 2.05) is 13.8 Å². The summed E-state index contributed by atoms with van der Waals surface area (Å²) in [4.78, 5) is 20.5. The van der Waals surface area contributed by atoms with Crippen LogP contribution >= 0.6 is 0 Å². The highest BCUT2D eigenvalue weighted by molar-refractivity contribution is 7.92. The summed E-state index contributed by atoms with van der Waals surface area (Å²) >= 11 is 0. The zero-order valence-electron chi connectivity index (χ0n) is 23.4. The molecule has 5 aromatic rings. The molecule has 10 nitrogen and oxygen atoms in total. The van der Waals surface area contributed by atoms with Crippen LogP contribution in [0.2, 0.25) is 0 Å². The Morgan fingerprint density at radius 3 is 2.24 bits per heavy atom. The maximum atomic E-state index is 14.3. The number of benzene rings is 2. The second kappa shape index (κ2) is 11.1. The van der Waals surface area contributed by atoms with Gasteiger partial charge in [-0.15, -0.1) is 0 Å². The lowest BCUT2D eigenvalue weighted by Crippen LogP contribution is -2.15. The molecule has 0 saturated heterocycles. The maximum absolute atomic E-state index is 14.3. The number of halogens is 1. The van der Waals surface area contributed by atoms with Gasteiger partial charge in [-0.25, -0.2) is 37.5 Å². The van der Waals surface area contributed by atoms with Gasteiger partial charge in [0.1, 0.15) is 23.3 Å². The first kappa shape index (κ1) is 28.0. The number of nitrogens with zero attached hydrogens (tertiary/aromatic N) is 4. The average Bonchev–Trinajstić information content (AvgIpc) is 3.22. The van der Waals surface area contributed by atoms with Gasteiger partial charge in [-0.2, -0.15) is 0 Å². The fraction of sp³-hybridized carbons (Fsp3) is 0.241. The van der Waals surface area contributed by atoms with Crippen molar-refractivity contribution in [3.05, 3.63) is 88.4 Å². The third-order valence-corrected chi connectivity index (χ3v) is 7.94. The van der Waals surface area contributed by atoms with E-state index in [9.17, 15) is 12.8 Å². The van der Waals surface area contributed by atoms with Crippen molar-refractivity contribution in [2.45, 2.75) is 45.9 Å². The lowest BCUT2D eigenvalue weighted by atomic mass is 10.0. The highest BCUT2D eigenvalue weighted by Crippen LogP contribution is 2.28. The van der Waals surface area contributed by atoms with Crippen LogP contribution in [0.25, 0.3) is 10.9 Å². The van der Waals surface area contributed by atoms with E-state index in [-0.39, 0.29) is 16.7 Å². The standard InChI is InChI=1S/C29H31FN8O2S/c1-16-6-11-24(30)28-27(16)23(19(4)34-28)12-13-31-25-15-26(36-20(5)35-25)37-21-7-9-22(10-8-21)41(39,40)38-29-32-17(2)14-18(3)33-29/h6-11,14-15,34H,12-13H2,1-5H3,(H,32,33,38)(H2,31,35,36,37). The van der Waals surface area contributed by atoms with Gasteiger partial charge in [0.05, 0.1) is 10.4 Å². The zero-order chi connectivity index (χ0) is 29.3. The Morgan fingerprint density at radius 1 is 0.854 bits per heavy atom. The molecule has 0 spiro atoms. The van der Waals surface area contributed by atoms with E-state index in [0.717, 1.165) is 22.2 Å². The minimum atomic E-state index is -3.86. The lowest BCUT2D eigenvalue weighted by molar-refractivity contribution is 0.601. The first-order valence-electron chi connectivity index (χ1n) is 13.1. The summed E-state index contributed by atoms with van der Waals surface area (Å²) in [6.45, 7) is 9.86. The van der Waals surface area contributed by atoms with Crippen molar-refractivity contribution in [2.24, 2.45) is 0 Å². The number of hydrogen-bond donors (Lipinski definition) is 4. The molecule has 4 N–H and O–H groups in total. The van der Waals surface area contributed by atoms with Crippen LogP contribution in [0.1, 0.15) is 34.0 Å². The molecule has 0 saturated carbocycles. The van der Waals surface area contributed by atoms with E-state index in [1.54, 1.807) is 51.1 Å². The molecule has 12 heteroatoms. The summed E-state index contributed by atoms with van der Waals surface area (Å²) < 4.78 is 42.4. The Hall–Kier alpha value is -4.58. The van der Waals surface area contributed by atoms with E-state index in [4.69, 9.17) is 0 Å². The van der Waals surface area contributed by atoms with Gasteiger partial charge in [0.15, 0.2) is 0 Å². The summed E-state index contributed by atoms with van der Waals surface area (Å²) in [5.41, 5.74) is 5.57. The second-order valence-corrected chi connectivity index (χ2v) is 11.6. The van der Waals surface area contributed by atoms with Crippen LogP contribution in [0.4, 0.5) is 27.7 Å². The van der Waals surface area contributed by atoms with Gasteiger partial charge >= 0.3 is 0 Å². The van der Waals surface area contributed by atoms with Crippen molar-refractivity contribution in [1.82, 2.24) is 24.9 Å². The molecule has 0 radical (unpaired) electrons. The molecule has 0 aliphatic heterocycles. The van der Waals surface area contributed by atoms with Crippen molar-refractivity contribution >= 4 is 44.2 Å². The van der Waals surface area contributed by atoms with Crippen molar-refractivity contribution in [2.75, 3.05) is 21.9 Å². The molecule has 3 heterocycles. The minimum absolute atomic E-state index is 0.0309. The second-order valence-electron chi connectivity index (χ2n) is 9.93. The number of nitrogens with one attached hydrogen (secondary N) is 4. The number of anilines is 4. The minimum Gasteiger partial charge on any atom is -0.370 e. The van der Waals surface area contributed by atoms with Gasteiger partial charge in [-0.1, -0.05) is 6.07 Å². The van der Waals surface area contributed by atoms with Gasteiger partial charge in [-0.3, -0.25) is 0 Å². The quantitative estimate of drug-likeness (QED) is 0.178. The number of rotatable bonds is 9. The van der Waals surface area contributed by atoms with Crippen LogP contribution in [0, 0.1) is 40.4 Å². The average molecular weight is 575 g/mol. The topological polar surface area (TPSA) is 138 Å². The third-order valence-electron chi connectivity index (χ3n) is 6.59. The Labute approximate surface area is 238 Å². The van der Waals surface area contributed by atoms with Gasteiger partial charge in [0.2, 0.25) is 5.95 Å². The summed E-state index contributed by atoms with van der Waals surface area (Å²) in [5, 5.41) is 7.46. The predicted molar refractivity (Wildman–Crippen MR) is 159 cm³/mol. The molecule has 0 unspecified atom stereocenters. The monoisotopic (exact) mass is 574 g/mol. The summed E-state index contributed by atoms with van der Waals surface area (Å²) in [6.07, 6.45) is 0.680. The van der Waals surface area contributed by atoms with Gasteiger partial charge < -0.3 is 15.6 Å². The fourth-order valence-corrected chi connectivity index (χ4v) is 5.75. The summed E-state index contributed by atoms with van der Waals surface area (Å²) in [5.74, 6) is 1.53. The van der Waals surface area contributed by atoms with Crippen molar-refractivity contribution in [1.29, 1.82) is 0 Å². The first-order chi connectivity index (χ1) is 19.5. The Kier molecular flexibility index (Phi) is 7.59. The lowest BCUT2D eigenvalue weighted by Gasteiger charge is -2.12. The van der Waals surface area contributed by atoms with Gasteiger partial charge in [0.25, 0.3) is 10.0 Å². The highest BCUT2D eigenvalue weighted by atomic mass is 32.2. The molecule has 0 bridgehead atoms. The highest BCUT2D eigenvalue weighted by Gasteiger charge is 2.17. The molecule has 0 fully saturated rings. The third kappa shape index (κ3) is 6.27. The van der Waals surface area contributed by atoms with Gasteiger partial charge in [0, 0.05) is 40.8 Å². The molecule has 0 amide bonds. The number of aryl methyl sites for hydroxylation is 5. The smallest absolute Gasteiger partial charge is 0.264 e. The molecular formula is C29H31FN8O2S. The van der Waals surface area contributed by atoms with E-state index >= 15 is 0 Å². The van der Waals surface area contributed by atoms with Crippen molar-refractivity contribution in [3.8, 4) is 0 Å². The van der Waals surface area contributed by atoms with Crippen molar-refractivity contribution in [3.63, 3.8) is 0 Å². The fourth-order valence-electron chi connectivity index (χ4n) is 4.81. The zero-order valence-corrected chi connectivity index (χ0v) is 24.2. The molecule has 5 rings (SSSR count). The summed E-state index contributed by atoms with van der Waals surface area (Å²) in [7, 11) is -3.86. The molecule has 2 aromatic carbocycles. The summed E-state index contributed by atoms with van der Waals surface area (Å²) in [6, 6.07) is 13.1. The number of hydrogen-bond acceptors (Lipinski definition) is 8. The van der Waals surface area contributed by atoms with Crippen LogP contribution in [0.3, 0.4) is 0 Å². The van der Waals surface area contributed by atoms with Crippen LogP contribution in [-0.4, -0.2) is 39.9 Å². The van der Waals surface area contributed by atoms with E-state index in [1.165, 1.54) is 18.2 Å². The number of aromatic nitrogens is 5. The van der Waals surface area contributed by atoms with Gasteiger partial charge in [-0.05, 0) is 88.6 Å². The molecule has 0 atom stereocenters. The van der Waals surface area contributed by atoms with Crippen molar-refractivity contribution < 1.29 is 12.8 Å². The maximum Gasteiger partial charge on any atom is 0.264 e. The normalized spacial score (nSPS) is 11.6. The molecular weight excluding hydrogens is 543 g/mol. The molecule has 3 aromatic heterocycles. The van der Waals surface area contributed by atoms with Crippen LogP contribution in [0.15, 0.2) is 53.4 Å². The number of aromatic amines is 1. The Morgan fingerprint density at radius 2 is 1.54 bits per heavy atom. The molecule has 41 heavy (non-hydrogen) atoms. The number of H-pyrrole nitrogens is 1. The Bertz CT molecular complexity index is 1830. The van der Waals surface area contributed by atoms with Crippen LogP contribution < -0.4 is 15.4 Å². The SMILES string of the molecule is Cc1cc(C)nc(NS(=O)(=O)c2ccc(Nc3cc(NCCc4c(C)[nH]c5c(F)ccc(C)c45)nc(C)n3)cc2)n1. The predicted octanol–water partition coefficient (Wildman–Crippen LogP) is 5.63. The van der Waals surface area contributed by atoms with Crippen LogP contribution in [0.5, 0.6) is 0 Å². The Balaban J connectivity index is 1.26. The van der Waals surface area contributed by atoms with E-state index in [0.29, 0.717) is 53.0 Å². The van der Waals surface area contributed by atoms with E-state index in [2.05, 4.69) is 40.3 Å². The van der Waals surface area contributed by atoms with E-state index < -0.39 is 10.0 Å². The largest absolute Gasteiger partial charge is 0.370 e. The number of fused-ring (bicyclic) bond motifs is 1.